The second-order valence-corrected chi connectivity index (χ2v) is 26.4. The van der Waals surface area contributed by atoms with Crippen molar-refractivity contribution in [2.24, 2.45) is 0 Å². The Hall–Kier alpha value is -4.63. The molecule has 0 aliphatic heterocycles. The number of hydrogen-bond acceptors (Lipinski definition) is 4. The molecule has 5 aromatic carbocycles. The van der Waals surface area contributed by atoms with Gasteiger partial charge in [-0.15, -0.1) is 24.2 Å². The molecular weight excluding hydrogens is 697 g/mol. The van der Waals surface area contributed by atoms with Gasteiger partial charge in [-0.05, 0) is 128 Å². The number of methoxy groups -OCH3 is 4. The Kier molecular flexibility index (Phi) is 11.7. The molecule has 0 bridgehead atoms. The molecule has 0 aliphatic rings. The van der Waals surface area contributed by atoms with E-state index in [1.807, 2.05) is 0 Å². The van der Waals surface area contributed by atoms with E-state index in [0.29, 0.717) is 45.2 Å². The summed E-state index contributed by atoms with van der Waals surface area (Å²) in [5.74, 6) is 10.5. The van der Waals surface area contributed by atoms with E-state index < -0.39 is 16.1 Å². The maximum Gasteiger partial charge on any atom is 0.169 e. The predicted octanol–water partition coefficient (Wildman–Crippen LogP) is 12.9. The molecule has 5 aromatic rings. The molecule has 0 aliphatic carbocycles. The molecule has 0 atom stereocenters. The van der Waals surface area contributed by atoms with Crippen LogP contribution in [-0.4, -0.2) is 44.6 Å². The molecule has 6 heteroatoms. The summed E-state index contributed by atoms with van der Waals surface area (Å²) in [6.07, 6.45) is 0. The zero-order valence-electron chi connectivity index (χ0n) is 35.0. The van der Waals surface area contributed by atoms with Crippen LogP contribution in [0.2, 0.25) is 22.2 Å². The highest BCUT2D eigenvalue weighted by molar-refractivity contribution is 6.96. The fraction of sp³-hybridized carbons (Fsp3) is 0.375. The predicted molar refractivity (Wildman–Crippen MR) is 238 cm³/mol. The van der Waals surface area contributed by atoms with Gasteiger partial charge in [-0.2, -0.15) is 0 Å². The monoisotopic (exact) mass is 754 g/mol. The van der Waals surface area contributed by atoms with Crippen molar-refractivity contribution in [2.45, 2.75) is 91.4 Å². The second kappa shape index (κ2) is 15.6. The number of ether oxygens (including phenoxy) is 4. The summed E-state index contributed by atoms with van der Waals surface area (Å²) in [7, 11) is 2.12. The summed E-state index contributed by atoms with van der Waals surface area (Å²) in [5.41, 5.74) is 11.6. The highest BCUT2D eigenvalue weighted by atomic mass is 28.3. The molecule has 4 nitrogen and oxygen atoms in total. The summed E-state index contributed by atoms with van der Waals surface area (Å²) >= 11 is 0. The van der Waals surface area contributed by atoms with E-state index >= 15 is 0 Å². The van der Waals surface area contributed by atoms with E-state index in [4.69, 9.17) is 18.9 Å². The molecular formula is C48H58O4Si2. The fourth-order valence-electron chi connectivity index (χ4n) is 9.07. The van der Waals surface area contributed by atoms with Crippen LogP contribution in [0.25, 0.3) is 43.1 Å². The Balaban J connectivity index is 2.12. The standard InChI is InChI=1S/C48H58O4Si2/c1-29(2)53(30(3)4,31(5)6)19-17-39-41-21-35-25-45(49-13)47(51-15)27-37(35)23-43(41)40(18-20-54(32(7)8,33(9)10)34(11)12)44-24-38-28-48(52-16)46(50-14)26-36(38)22-42(39)44/h21-28,30-31,33-34H,1,7H2,2-6,8-16H3. The van der Waals surface area contributed by atoms with Crippen LogP contribution in [0, 0.1) is 22.9 Å². The van der Waals surface area contributed by atoms with Crippen molar-refractivity contribution in [3.63, 3.8) is 0 Å². The average molecular weight is 755 g/mol. The van der Waals surface area contributed by atoms with Crippen LogP contribution in [0.4, 0.5) is 0 Å². The number of rotatable bonds is 10. The minimum absolute atomic E-state index is 0.396. The highest BCUT2D eigenvalue weighted by Crippen LogP contribution is 2.43. The molecule has 0 heterocycles. The van der Waals surface area contributed by atoms with Crippen LogP contribution in [0.1, 0.15) is 80.4 Å². The van der Waals surface area contributed by atoms with E-state index in [1.54, 1.807) is 28.4 Å². The molecule has 0 unspecified atom stereocenters. The van der Waals surface area contributed by atoms with E-state index in [1.165, 1.54) is 10.4 Å². The van der Waals surface area contributed by atoms with Crippen molar-refractivity contribution in [3.8, 4) is 45.9 Å². The van der Waals surface area contributed by atoms with E-state index in [0.717, 1.165) is 54.2 Å². The average Bonchev–Trinajstić information content (AvgIpc) is 3.12. The Morgan fingerprint density at radius 1 is 0.444 bits per heavy atom. The summed E-state index contributed by atoms with van der Waals surface area (Å²) in [5, 5.41) is 10.8. The highest BCUT2D eigenvalue weighted by Gasteiger charge is 2.41. The number of allylic oxidation sites excluding steroid dienone is 2. The van der Waals surface area contributed by atoms with Gasteiger partial charge in [-0.1, -0.05) is 77.6 Å². The second-order valence-electron chi connectivity index (χ2n) is 16.1. The van der Waals surface area contributed by atoms with Gasteiger partial charge in [0.1, 0.15) is 0 Å². The van der Waals surface area contributed by atoms with Gasteiger partial charge >= 0.3 is 0 Å². The zero-order chi connectivity index (χ0) is 39.9. The van der Waals surface area contributed by atoms with Crippen molar-refractivity contribution < 1.29 is 18.9 Å². The Morgan fingerprint density at radius 3 is 0.833 bits per heavy atom. The van der Waals surface area contributed by atoms with E-state index in [9.17, 15) is 0 Å². The lowest BCUT2D eigenvalue weighted by Crippen LogP contribution is -2.41. The Bertz CT molecular complexity index is 2130. The van der Waals surface area contributed by atoms with E-state index in [-0.39, 0.29) is 0 Å². The molecule has 0 saturated heterocycles. The summed E-state index contributed by atoms with van der Waals surface area (Å²) < 4.78 is 23.1. The van der Waals surface area contributed by atoms with Crippen LogP contribution in [0.3, 0.4) is 0 Å². The van der Waals surface area contributed by atoms with Gasteiger partial charge < -0.3 is 18.9 Å². The summed E-state index contributed by atoms with van der Waals surface area (Å²) in [6.45, 7) is 31.9. The first kappa shape index (κ1) is 40.6. The summed E-state index contributed by atoms with van der Waals surface area (Å²) in [6, 6.07) is 17.3. The minimum Gasteiger partial charge on any atom is -0.493 e. The van der Waals surface area contributed by atoms with Gasteiger partial charge in [-0.3, -0.25) is 0 Å². The van der Waals surface area contributed by atoms with Crippen molar-refractivity contribution in [2.75, 3.05) is 28.4 Å². The van der Waals surface area contributed by atoms with E-state index in [2.05, 4.69) is 154 Å². The molecule has 0 spiro atoms. The van der Waals surface area contributed by atoms with Gasteiger partial charge in [0.2, 0.25) is 0 Å². The van der Waals surface area contributed by atoms with Gasteiger partial charge in [0.25, 0.3) is 0 Å². The van der Waals surface area contributed by atoms with Crippen LogP contribution in [0.15, 0.2) is 72.1 Å². The smallest absolute Gasteiger partial charge is 0.169 e. The lowest BCUT2D eigenvalue weighted by Gasteiger charge is -2.35. The van der Waals surface area contributed by atoms with Gasteiger partial charge in [0.05, 0.1) is 28.4 Å². The molecule has 0 fully saturated rings. The van der Waals surface area contributed by atoms with Crippen molar-refractivity contribution in [1.82, 2.24) is 0 Å². The Labute approximate surface area is 325 Å². The third-order valence-corrected chi connectivity index (χ3v) is 23.1. The van der Waals surface area contributed by atoms with Gasteiger partial charge in [0.15, 0.2) is 39.1 Å². The third-order valence-electron chi connectivity index (χ3n) is 11.9. The van der Waals surface area contributed by atoms with Crippen LogP contribution < -0.4 is 18.9 Å². The minimum atomic E-state index is -2.30. The van der Waals surface area contributed by atoms with Crippen LogP contribution in [0.5, 0.6) is 23.0 Å². The third kappa shape index (κ3) is 6.69. The first-order valence-corrected chi connectivity index (χ1v) is 23.4. The first-order valence-electron chi connectivity index (χ1n) is 19.0. The lowest BCUT2D eigenvalue weighted by atomic mass is 9.89. The molecule has 282 valence electrons. The van der Waals surface area contributed by atoms with Gasteiger partial charge in [0, 0.05) is 11.1 Å². The first-order chi connectivity index (χ1) is 25.5. The molecule has 5 rings (SSSR count). The molecule has 0 saturated carbocycles. The zero-order valence-corrected chi connectivity index (χ0v) is 37.0. The largest absolute Gasteiger partial charge is 0.493 e. The Morgan fingerprint density at radius 2 is 0.667 bits per heavy atom. The number of fused-ring (bicyclic) bond motifs is 4. The normalized spacial score (nSPS) is 12.0. The van der Waals surface area contributed by atoms with Crippen molar-refractivity contribution in [1.29, 1.82) is 0 Å². The molecule has 0 N–H and O–H groups in total. The molecule has 0 amide bonds. The van der Waals surface area contributed by atoms with Crippen LogP contribution >= 0.6 is 0 Å². The quantitative estimate of drug-likeness (QED) is 0.0808. The number of hydrogen-bond donors (Lipinski definition) is 0. The lowest BCUT2D eigenvalue weighted by molar-refractivity contribution is 0.356. The maximum absolute atomic E-state index is 5.78. The van der Waals surface area contributed by atoms with Crippen LogP contribution in [-0.2, 0) is 0 Å². The maximum atomic E-state index is 5.78. The summed E-state index contributed by atoms with van der Waals surface area (Å²) in [4.78, 5) is 0. The molecule has 0 aromatic heterocycles. The SMILES string of the molecule is C=C(C)[Si](C#Cc1c2cc3cc(OC)c(OC)cc3cc2c(C#C[Si](C(=C)C)(C(C)C)C(C)C)c2cc3cc(OC)c(OC)cc3cc12)(C(C)C)C(C)C. The fourth-order valence-corrected chi connectivity index (χ4v) is 17.9. The number of benzene rings is 5. The molecule has 54 heavy (non-hydrogen) atoms. The van der Waals surface area contributed by atoms with Crippen molar-refractivity contribution >= 4 is 59.2 Å². The molecule has 0 radical (unpaired) electrons. The topological polar surface area (TPSA) is 36.9 Å². The van der Waals surface area contributed by atoms with Gasteiger partial charge in [-0.25, -0.2) is 0 Å². The van der Waals surface area contributed by atoms with Crippen molar-refractivity contribution in [3.05, 3.63) is 83.2 Å².